The molecule has 0 aromatic heterocycles. The first-order chi connectivity index (χ1) is 18.7. The molecule has 2 bridgehead atoms. The van der Waals surface area contributed by atoms with Crippen molar-refractivity contribution in [3.8, 4) is 11.1 Å². The Labute approximate surface area is 226 Å². The van der Waals surface area contributed by atoms with Crippen molar-refractivity contribution in [2.24, 2.45) is 17.8 Å². The van der Waals surface area contributed by atoms with Gasteiger partial charge in [0.25, 0.3) is 0 Å². The van der Waals surface area contributed by atoms with E-state index in [2.05, 4.69) is 24.3 Å². The lowest BCUT2D eigenvalue weighted by Gasteiger charge is -2.30. The maximum Gasteiger partial charge on any atom is 0.230 e. The van der Waals surface area contributed by atoms with Crippen molar-refractivity contribution in [3.63, 3.8) is 0 Å². The minimum Gasteiger partial charge on any atom is -0.378 e. The second-order valence-electron chi connectivity index (χ2n) is 10.9. The highest BCUT2D eigenvalue weighted by Gasteiger charge is 2.44. The molecule has 1 amide bonds. The second-order valence-corrected chi connectivity index (χ2v) is 10.9. The molecule has 0 aliphatic heterocycles. The molecule has 2 aliphatic carbocycles. The van der Waals surface area contributed by atoms with Crippen LogP contribution >= 0.6 is 0 Å². The topological polar surface area (TPSA) is 40.6 Å². The predicted molar refractivity (Wildman–Crippen MR) is 152 cm³/mol. The Balaban J connectivity index is 1.48. The van der Waals surface area contributed by atoms with Crippen LogP contribution in [0.25, 0.3) is 17.2 Å². The summed E-state index contributed by atoms with van der Waals surface area (Å²) in [5.41, 5.74) is 4.68. The van der Waals surface area contributed by atoms with Gasteiger partial charge >= 0.3 is 0 Å². The fraction of sp³-hybridized carbons (Fsp3) is 0.333. The maximum absolute atomic E-state index is 14.8. The van der Waals surface area contributed by atoms with Crippen LogP contribution in [0.15, 0.2) is 72.8 Å². The number of ketones is 1. The Morgan fingerprint density at radius 3 is 2.21 bits per heavy atom. The predicted octanol–water partition coefficient (Wildman–Crippen LogP) is 7.13. The first-order valence-electron chi connectivity index (χ1n) is 13.9. The molecule has 2 fully saturated rings. The second kappa shape index (κ2) is 10.9. The zero-order valence-electron chi connectivity index (χ0n) is 23.2. The standard InChI is InChI=1S/C33H35FN2O2/c1-22(37)4-5-25-17-29(34)20-31(18-25)36(33(38)32-19-24-8-11-28(32)16-24)21-23-6-9-26(10-7-23)27-12-14-30(15-13-27)35(2)3/h4-7,9-10,12-15,17-18,20,24,28,32H,8,11,16,19,21H2,1-3H3/b5-4+/t24-,28+,32-/m0/s1/i21D/t21-,24+,28-,32+/m1. The summed E-state index contributed by atoms with van der Waals surface area (Å²) in [6.07, 6.45) is 7.02. The fourth-order valence-electron chi connectivity index (χ4n) is 5.90. The molecule has 2 saturated carbocycles. The van der Waals surface area contributed by atoms with E-state index in [1.54, 1.807) is 12.1 Å². The summed E-state index contributed by atoms with van der Waals surface area (Å²) in [6, 6.07) is 20.3. The summed E-state index contributed by atoms with van der Waals surface area (Å²) in [7, 11) is 4.01. The number of rotatable bonds is 8. The van der Waals surface area contributed by atoms with Gasteiger partial charge in [0.15, 0.2) is 5.78 Å². The van der Waals surface area contributed by atoms with Crippen LogP contribution in [0.2, 0.25) is 0 Å². The van der Waals surface area contributed by atoms with E-state index in [-0.39, 0.29) is 17.6 Å². The third-order valence-electron chi connectivity index (χ3n) is 7.89. The van der Waals surface area contributed by atoms with Crippen LogP contribution in [-0.4, -0.2) is 25.8 Å². The number of halogens is 1. The van der Waals surface area contributed by atoms with Crippen molar-refractivity contribution >= 4 is 29.1 Å². The number of amides is 1. The molecule has 4 nitrogen and oxygen atoms in total. The van der Waals surface area contributed by atoms with Crippen molar-refractivity contribution < 1.29 is 15.4 Å². The minimum atomic E-state index is -1.03. The van der Waals surface area contributed by atoms with E-state index in [1.807, 2.05) is 43.3 Å². The SMILES string of the molecule is [2H][C@H](c1ccc(-c2ccc(N(C)C)cc2)cc1)N(C(=O)[C@H]1C[C@H]2CC[C@@H]1C2)c1cc(F)cc(/C=C/C(C)=O)c1. The minimum absolute atomic E-state index is 0.113. The number of nitrogens with zero attached hydrogens (tertiary/aromatic N) is 2. The Morgan fingerprint density at radius 2 is 1.63 bits per heavy atom. The molecule has 5 rings (SSSR count). The van der Waals surface area contributed by atoms with Gasteiger partial charge in [-0.2, -0.15) is 0 Å². The number of fused-ring (bicyclic) bond motifs is 2. The first kappa shape index (κ1) is 24.6. The molecule has 0 spiro atoms. The molecule has 4 atom stereocenters. The lowest BCUT2D eigenvalue weighted by Crippen LogP contribution is -2.38. The molecule has 0 unspecified atom stereocenters. The van der Waals surface area contributed by atoms with Gasteiger partial charge in [0.1, 0.15) is 5.82 Å². The van der Waals surface area contributed by atoms with Gasteiger partial charge in [-0.05, 0) is 96.7 Å². The Morgan fingerprint density at radius 1 is 0.947 bits per heavy atom. The lowest BCUT2D eigenvalue weighted by molar-refractivity contribution is -0.124. The van der Waals surface area contributed by atoms with Crippen molar-refractivity contribution in [1.82, 2.24) is 0 Å². The summed E-state index contributed by atoms with van der Waals surface area (Å²) in [6.45, 7) is 0.398. The normalized spacial score (nSPS) is 21.4. The highest BCUT2D eigenvalue weighted by molar-refractivity contribution is 5.96. The zero-order chi connectivity index (χ0) is 27.7. The van der Waals surface area contributed by atoms with Gasteiger partial charge in [-0.25, -0.2) is 4.39 Å². The molecule has 0 N–H and O–H groups in total. The maximum atomic E-state index is 14.8. The van der Waals surface area contributed by atoms with Gasteiger partial charge in [0.05, 0.1) is 7.89 Å². The average molecular weight is 512 g/mol. The first-order valence-corrected chi connectivity index (χ1v) is 13.3. The van der Waals surface area contributed by atoms with E-state index in [4.69, 9.17) is 0 Å². The summed E-state index contributed by atoms with van der Waals surface area (Å²) >= 11 is 0. The zero-order valence-corrected chi connectivity index (χ0v) is 22.2. The molecule has 3 aromatic rings. The highest BCUT2D eigenvalue weighted by Crippen LogP contribution is 2.49. The fourth-order valence-corrected chi connectivity index (χ4v) is 5.90. The highest BCUT2D eigenvalue weighted by atomic mass is 19.1. The summed E-state index contributed by atoms with van der Waals surface area (Å²) in [5, 5.41) is 0. The monoisotopic (exact) mass is 511 g/mol. The molecule has 0 saturated heterocycles. The van der Waals surface area contributed by atoms with Crippen molar-refractivity contribution in [1.29, 1.82) is 0 Å². The average Bonchev–Trinajstić information content (AvgIpc) is 3.56. The number of allylic oxidation sites excluding steroid dienone is 1. The van der Waals surface area contributed by atoms with Gasteiger partial charge in [0.2, 0.25) is 5.91 Å². The van der Waals surface area contributed by atoms with E-state index >= 15 is 0 Å². The van der Waals surface area contributed by atoms with Crippen LogP contribution in [0, 0.1) is 23.6 Å². The number of anilines is 2. The van der Waals surface area contributed by atoms with E-state index in [1.165, 1.54) is 30.0 Å². The number of benzene rings is 3. The molecule has 2 aliphatic rings. The molecular weight excluding hydrogens is 475 g/mol. The van der Waals surface area contributed by atoms with E-state index in [9.17, 15) is 15.4 Å². The van der Waals surface area contributed by atoms with Gasteiger partial charge < -0.3 is 9.80 Å². The number of carbonyl (C=O) groups is 2. The molecular formula is C33H35FN2O2. The van der Waals surface area contributed by atoms with Gasteiger partial charge in [-0.1, -0.05) is 48.9 Å². The number of carbonyl (C=O) groups excluding carboxylic acids is 2. The van der Waals surface area contributed by atoms with E-state index < -0.39 is 12.3 Å². The number of hydrogen-bond donors (Lipinski definition) is 0. The van der Waals surface area contributed by atoms with Crippen molar-refractivity contribution in [2.75, 3.05) is 23.9 Å². The largest absolute Gasteiger partial charge is 0.378 e. The van der Waals surface area contributed by atoms with Gasteiger partial charge in [0, 0.05) is 31.4 Å². The van der Waals surface area contributed by atoms with E-state index in [0.717, 1.165) is 42.5 Å². The molecule has 0 heterocycles. The van der Waals surface area contributed by atoms with Crippen LogP contribution in [0.5, 0.6) is 0 Å². The summed E-state index contributed by atoms with van der Waals surface area (Å²) in [5.74, 6) is -0.0241. The van der Waals surface area contributed by atoms with Crippen LogP contribution in [-0.2, 0) is 16.1 Å². The third-order valence-corrected chi connectivity index (χ3v) is 7.89. The summed E-state index contributed by atoms with van der Waals surface area (Å²) < 4.78 is 24.0. The van der Waals surface area contributed by atoms with Crippen LogP contribution in [0.4, 0.5) is 15.8 Å². The quantitative estimate of drug-likeness (QED) is 0.302. The van der Waals surface area contributed by atoms with Crippen molar-refractivity contribution in [2.45, 2.75) is 39.1 Å². The summed E-state index contributed by atoms with van der Waals surface area (Å²) in [4.78, 5) is 29.0. The molecule has 196 valence electrons. The third kappa shape index (κ3) is 5.72. The molecule has 0 radical (unpaired) electrons. The molecule has 3 aromatic carbocycles. The number of hydrogen-bond acceptors (Lipinski definition) is 3. The van der Waals surface area contributed by atoms with Crippen LogP contribution < -0.4 is 9.80 Å². The smallest absolute Gasteiger partial charge is 0.230 e. The molecule has 38 heavy (non-hydrogen) atoms. The van der Waals surface area contributed by atoms with E-state index in [0.29, 0.717) is 28.7 Å². The van der Waals surface area contributed by atoms with Gasteiger partial charge in [-0.15, -0.1) is 0 Å². The van der Waals surface area contributed by atoms with Crippen molar-refractivity contribution in [3.05, 3.63) is 89.8 Å². The lowest BCUT2D eigenvalue weighted by atomic mass is 9.87. The van der Waals surface area contributed by atoms with Crippen LogP contribution in [0.1, 0.15) is 45.1 Å². The molecule has 5 heteroatoms. The Hall–Kier alpha value is -3.73. The van der Waals surface area contributed by atoms with Crippen LogP contribution in [0.3, 0.4) is 0 Å². The Bertz CT molecular complexity index is 1380. The van der Waals surface area contributed by atoms with Gasteiger partial charge in [-0.3, -0.25) is 9.59 Å². The Kier molecular flexibility index (Phi) is 7.08.